The van der Waals surface area contributed by atoms with Crippen molar-refractivity contribution in [3.8, 4) is 0 Å². The quantitative estimate of drug-likeness (QED) is 0.620. The Morgan fingerprint density at radius 1 is 1.24 bits per heavy atom. The maximum atomic E-state index is 12.8. The Hall–Kier alpha value is -2.94. The monoisotopic (exact) mass is 421 g/mol. The van der Waals surface area contributed by atoms with E-state index in [4.69, 9.17) is 0 Å². The zero-order valence-corrected chi connectivity index (χ0v) is 16.4. The predicted molar refractivity (Wildman–Crippen MR) is 105 cm³/mol. The van der Waals surface area contributed by atoms with Crippen LogP contribution < -0.4 is 10.9 Å². The third-order valence-corrected chi connectivity index (χ3v) is 5.12. The fourth-order valence-corrected chi connectivity index (χ4v) is 3.52. The van der Waals surface area contributed by atoms with Gasteiger partial charge in [0.15, 0.2) is 5.13 Å². The lowest BCUT2D eigenvalue weighted by Crippen LogP contribution is -2.24. The van der Waals surface area contributed by atoms with Crippen molar-refractivity contribution in [2.75, 3.05) is 5.32 Å². The van der Waals surface area contributed by atoms with Gasteiger partial charge in [-0.1, -0.05) is 32.0 Å². The molecule has 0 spiro atoms. The SMILES string of the molecule is CC(C)c1ccc(C(=O)Nc2ncc(Cc3cccc(C(F)(F)F)c3)s2)c(=O)[nH]1. The van der Waals surface area contributed by atoms with Gasteiger partial charge in [0.2, 0.25) is 0 Å². The zero-order chi connectivity index (χ0) is 21.2. The molecule has 2 N–H and O–H groups in total. The van der Waals surface area contributed by atoms with E-state index >= 15 is 0 Å². The number of carbonyl (C=O) groups is 1. The Bertz CT molecular complexity index is 1090. The number of rotatable bonds is 5. The predicted octanol–water partition coefficient (Wildman–Crippen LogP) is 4.82. The van der Waals surface area contributed by atoms with Gasteiger partial charge in [-0.05, 0) is 29.7 Å². The van der Waals surface area contributed by atoms with E-state index in [9.17, 15) is 22.8 Å². The van der Waals surface area contributed by atoms with Crippen LogP contribution in [0.5, 0.6) is 0 Å². The Kier molecular flexibility index (Phi) is 5.88. The number of anilines is 1. The molecule has 152 valence electrons. The van der Waals surface area contributed by atoms with E-state index in [0.29, 0.717) is 10.4 Å². The Balaban J connectivity index is 1.71. The lowest BCUT2D eigenvalue weighted by Gasteiger charge is -2.08. The van der Waals surface area contributed by atoms with Gasteiger partial charge in [0, 0.05) is 23.2 Å². The largest absolute Gasteiger partial charge is 0.416 e. The molecule has 0 saturated heterocycles. The van der Waals surface area contributed by atoms with E-state index in [1.807, 2.05) is 13.8 Å². The van der Waals surface area contributed by atoms with Crippen LogP contribution in [0.15, 0.2) is 47.4 Å². The van der Waals surface area contributed by atoms with Crippen LogP contribution in [0, 0.1) is 0 Å². The molecule has 9 heteroatoms. The molecule has 0 aliphatic carbocycles. The van der Waals surface area contributed by atoms with Gasteiger partial charge < -0.3 is 4.98 Å². The number of aromatic amines is 1. The van der Waals surface area contributed by atoms with Gasteiger partial charge in [-0.25, -0.2) is 4.98 Å². The second-order valence-electron chi connectivity index (χ2n) is 6.77. The number of hydrogen-bond acceptors (Lipinski definition) is 4. The molecule has 2 heterocycles. The van der Waals surface area contributed by atoms with Crippen LogP contribution in [0.1, 0.15) is 51.8 Å². The first-order valence-electron chi connectivity index (χ1n) is 8.79. The Morgan fingerprint density at radius 2 is 2.00 bits per heavy atom. The first kappa shape index (κ1) is 20.8. The van der Waals surface area contributed by atoms with Crippen LogP contribution >= 0.6 is 11.3 Å². The minimum absolute atomic E-state index is 0.0379. The average molecular weight is 421 g/mol. The number of thiazole rings is 1. The Labute approximate surface area is 168 Å². The molecule has 29 heavy (non-hydrogen) atoms. The first-order valence-corrected chi connectivity index (χ1v) is 9.60. The number of nitrogens with one attached hydrogen (secondary N) is 2. The molecule has 3 rings (SSSR count). The molecule has 0 unspecified atom stereocenters. The van der Waals surface area contributed by atoms with Crippen LogP contribution in [-0.2, 0) is 12.6 Å². The highest BCUT2D eigenvalue weighted by atomic mass is 32.1. The van der Waals surface area contributed by atoms with Gasteiger partial charge in [-0.2, -0.15) is 13.2 Å². The fraction of sp³-hybridized carbons (Fsp3) is 0.250. The highest BCUT2D eigenvalue weighted by Gasteiger charge is 2.30. The molecule has 5 nitrogen and oxygen atoms in total. The number of halogens is 3. The van der Waals surface area contributed by atoms with Gasteiger partial charge >= 0.3 is 6.18 Å². The molecule has 2 aromatic heterocycles. The molecule has 0 atom stereocenters. The van der Waals surface area contributed by atoms with Crippen LogP contribution in [-0.4, -0.2) is 15.9 Å². The van der Waals surface area contributed by atoms with Crippen molar-refractivity contribution in [1.82, 2.24) is 9.97 Å². The molecule has 0 aliphatic rings. The van der Waals surface area contributed by atoms with E-state index in [1.54, 1.807) is 12.1 Å². The van der Waals surface area contributed by atoms with E-state index in [1.165, 1.54) is 18.3 Å². The first-order chi connectivity index (χ1) is 13.6. The van der Waals surface area contributed by atoms with Crippen molar-refractivity contribution in [3.05, 3.63) is 80.2 Å². The number of nitrogens with zero attached hydrogens (tertiary/aromatic N) is 1. The number of benzene rings is 1. The van der Waals surface area contributed by atoms with Gasteiger partial charge in [-0.15, -0.1) is 11.3 Å². The number of H-pyrrole nitrogens is 1. The summed E-state index contributed by atoms with van der Waals surface area (Å²) in [6, 6.07) is 8.21. The van der Waals surface area contributed by atoms with E-state index < -0.39 is 23.2 Å². The molecule has 1 amide bonds. The van der Waals surface area contributed by atoms with Crippen LogP contribution in [0.3, 0.4) is 0 Å². The number of hydrogen-bond donors (Lipinski definition) is 2. The maximum Gasteiger partial charge on any atom is 0.416 e. The van der Waals surface area contributed by atoms with Gasteiger partial charge in [0.25, 0.3) is 11.5 Å². The second kappa shape index (κ2) is 8.20. The Morgan fingerprint density at radius 3 is 2.66 bits per heavy atom. The third kappa shape index (κ3) is 5.11. The van der Waals surface area contributed by atoms with Crippen molar-refractivity contribution in [2.24, 2.45) is 0 Å². The molecule has 0 aliphatic heterocycles. The summed E-state index contributed by atoms with van der Waals surface area (Å²) in [7, 11) is 0. The topological polar surface area (TPSA) is 74.8 Å². The highest BCUT2D eigenvalue weighted by molar-refractivity contribution is 7.15. The lowest BCUT2D eigenvalue weighted by molar-refractivity contribution is -0.137. The molecule has 0 bridgehead atoms. The normalized spacial score (nSPS) is 11.7. The number of pyridine rings is 1. The number of amides is 1. The summed E-state index contributed by atoms with van der Waals surface area (Å²) in [4.78, 5) is 31.9. The zero-order valence-electron chi connectivity index (χ0n) is 15.6. The van der Waals surface area contributed by atoms with Crippen molar-refractivity contribution in [1.29, 1.82) is 0 Å². The fourth-order valence-electron chi connectivity index (χ4n) is 2.67. The molecule has 0 fully saturated rings. The minimum Gasteiger partial charge on any atom is -0.325 e. The summed E-state index contributed by atoms with van der Waals surface area (Å²) >= 11 is 1.14. The van der Waals surface area contributed by atoms with Gasteiger partial charge in [-0.3, -0.25) is 14.9 Å². The van der Waals surface area contributed by atoms with E-state index in [-0.39, 0.29) is 23.0 Å². The van der Waals surface area contributed by atoms with E-state index in [0.717, 1.165) is 29.2 Å². The number of carbonyl (C=O) groups excluding carboxylic acids is 1. The molecular weight excluding hydrogens is 403 g/mol. The van der Waals surface area contributed by atoms with Gasteiger partial charge in [0.05, 0.1) is 5.56 Å². The summed E-state index contributed by atoms with van der Waals surface area (Å²) in [5, 5.41) is 2.83. The summed E-state index contributed by atoms with van der Waals surface area (Å²) in [6.07, 6.45) is -2.66. The average Bonchev–Trinajstić information content (AvgIpc) is 3.07. The van der Waals surface area contributed by atoms with Crippen molar-refractivity contribution in [3.63, 3.8) is 0 Å². The number of aromatic nitrogens is 2. The lowest BCUT2D eigenvalue weighted by atomic mass is 10.1. The van der Waals surface area contributed by atoms with Crippen LogP contribution in [0.2, 0.25) is 0 Å². The van der Waals surface area contributed by atoms with Crippen molar-refractivity contribution >= 4 is 22.4 Å². The molecule has 1 aromatic carbocycles. The second-order valence-corrected chi connectivity index (χ2v) is 7.89. The minimum atomic E-state index is -4.40. The molecule has 0 saturated carbocycles. The summed E-state index contributed by atoms with van der Waals surface area (Å²) < 4.78 is 38.5. The molecule has 0 radical (unpaired) electrons. The summed E-state index contributed by atoms with van der Waals surface area (Å²) in [5.74, 6) is -0.473. The summed E-state index contributed by atoms with van der Waals surface area (Å²) in [5.41, 5.74) is -0.0261. The third-order valence-electron chi connectivity index (χ3n) is 4.21. The maximum absolute atomic E-state index is 12.8. The van der Waals surface area contributed by atoms with Crippen LogP contribution in [0.25, 0.3) is 0 Å². The molecule has 3 aromatic rings. The highest BCUT2D eigenvalue weighted by Crippen LogP contribution is 2.30. The van der Waals surface area contributed by atoms with E-state index in [2.05, 4.69) is 15.3 Å². The van der Waals surface area contributed by atoms with Gasteiger partial charge in [0.1, 0.15) is 5.56 Å². The smallest absolute Gasteiger partial charge is 0.325 e. The standard InChI is InChI=1S/C20H18F3N3O2S/c1-11(2)16-7-6-15(17(27)25-16)18(28)26-19-24-10-14(29-19)9-12-4-3-5-13(8-12)20(21,22)23/h3-8,10-11H,9H2,1-2H3,(H,25,27)(H,24,26,28). The molecular formula is C20H18F3N3O2S. The van der Waals surface area contributed by atoms with Crippen molar-refractivity contribution in [2.45, 2.75) is 32.4 Å². The van der Waals surface area contributed by atoms with Crippen molar-refractivity contribution < 1.29 is 18.0 Å². The summed E-state index contributed by atoms with van der Waals surface area (Å²) in [6.45, 7) is 3.85. The number of alkyl halides is 3. The van der Waals surface area contributed by atoms with Crippen LogP contribution in [0.4, 0.5) is 18.3 Å².